The summed E-state index contributed by atoms with van der Waals surface area (Å²) < 4.78 is 2.83. The Morgan fingerprint density at radius 1 is 1.34 bits per heavy atom. The molecule has 0 aromatic carbocycles. The van der Waals surface area contributed by atoms with Crippen LogP contribution < -0.4 is 15.5 Å². The minimum Gasteiger partial charge on any atom is -0.355 e. The van der Waals surface area contributed by atoms with Gasteiger partial charge in [0.1, 0.15) is 0 Å². The molecule has 0 saturated heterocycles. The van der Waals surface area contributed by atoms with E-state index in [0.717, 1.165) is 47.4 Å². The normalized spacial score (nSPS) is 19.1. The molecule has 3 aromatic heterocycles. The molecule has 2 N–H and O–H groups in total. The van der Waals surface area contributed by atoms with Crippen molar-refractivity contribution in [1.82, 2.24) is 25.1 Å². The predicted molar refractivity (Wildman–Crippen MR) is 117 cm³/mol. The van der Waals surface area contributed by atoms with Crippen LogP contribution in [-0.2, 0) is 11.8 Å². The predicted octanol–water partition coefficient (Wildman–Crippen LogP) is 3.22. The average molecular weight is 412 g/mol. The first-order valence-corrected chi connectivity index (χ1v) is 10.6. The fourth-order valence-corrected chi connectivity index (χ4v) is 4.66. The Kier molecular flexibility index (Phi) is 5.48. The van der Waals surface area contributed by atoms with Gasteiger partial charge in [0.25, 0.3) is 0 Å². The quantitative estimate of drug-likeness (QED) is 0.606. The topological polar surface area (TPSA) is 88.0 Å². The van der Waals surface area contributed by atoms with Gasteiger partial charge in [0.15, 0.2) is 5.82 Å². The number of nitrogens with one attached hydrogen (secondary N) is 2. The third-order valence-electron chi connectivity index (χ3n) is 5.36. The van der Waals surface area contributed by atoms with Crippen LogP contribution >= 0.6 is 11.3 Å². The van der Waals surface area contributed by atoms with Gasteiger partial charge < -0.3 is 15.5 Å². The fourth-order valence-electron chi connectivity index (χ4n) is 3.80. The van der Waals surface area contributed by atoms with Gasteiger partial charge in [-0.15, -0.1) is 11.3 Å². The summed E-state index contributed by atoms with van der Waals surface area (Å²) in [5.74, 6) is 1.41. The van der Waals surface area contributed by atoms with Crippen LogP contribution in [0.25, 0.3) is 10.2 Å². The van der Waals surface area contributed by atoms with Crippen molar-refractivity contribution in [3.05, 3.63) is 36.5 Å². The average Bonchev–Trinajstić information content (AvgIpc) is 3.36. The van der Waals surface area contributed by atoms with Crippen molar-refractivity contribution in [2.45, 2.75) is 37.8 Å². The Balaban J connectivity index is 1.52. The lowest BCUT2D eigenvalue weighted by Crippen LogP contribution is -2.42. The van der Waals surface area contributed by atoms with Crippen molar-refractivity contribution in [1.29, 1.82) is 0 Å². The van der Waals surface area contributed by atoms with Gasteiger partial charge in [0.05, 0.1) is 22.1 Å². The van der Waals surface area contributed by atoms with Crippen molar-refractivity contribution in [3.63, 3.8) is 0 Å². The number of carbonyl (C=O) groups is 1. The minimum atomic E-state index is -0.0935. The molecule has 9 heteroatoms. The zero-order valence-corrected chi connectivity index (χ0v) is 17.4. The largest absolute Gasteiger partial charge is 0.355 e. The van der Waals surface area contributed by atoms with Crippen molar-refractivity contribution in [3.8, 4) is 0 Å². The number of aromatic nitrogens is 4. The van der Waals surface area contributed by atoms with E-state index >= 15 is 0 Å². The standard InChI is InChI=1S/C20H25N7OS/c1-4-17(28)22-13-5-7-15(8-6-13)27(3)19-18-16(9-10-29-18)24-20(25-19)23-14-11-21-26(2)12-14/h4,9-13,15H,1,5-8H2,2-3H3,(H,22,28)(H,23,24,25). The SMILES string of the molecule is C=CC(=O)NC1CCC(N(C)c2nc(Nc3cnn(C)c3)nc3ccsc23)CC1. The van der Waals surface area contributed by atoms with Crippen LogP contribution in [0.5, 0.6) is 0 Å². The molecule has 0 atom stereocenters. The molecule has 0 radical (unpaired) electrons. The van der Waals surface area contributed by atoms with E-state index in [4.69, 9.17) is 4.98 Å². The Bertz CT molecular complexity index is 1020. The highest BCUT2D eigenvalue weighted by atomic mass is 32.1. The lowest BCUT2D eigenvalue weighted by molar-refractivity contribution is -0.117. The number of nitrogens with zero attached hydrogens (tertiary/aromatic N) is 5. The lowest BCUT2D eigenvalue weighted by Gasteiger charge is -2.35. The van der Waals surface area contributed by atoms with Crippen LogP contribution in [0.2, 0.25) is 0 Å². The molecule has 1 aliphatic carbocycles. The zero-order chi connectivity index (χ0) is 20.4. The van der Waals surface area contributed by atoms with E-state index in [-0.39, 0.29) is 11.9 Å². The molecule has 1 amide bonds. The van der Waals surface area contributed by atoms with E-state index in [0.29, 0.717) is 12.0 Å². The zero-order valence-electron chi connectivity index (χ0n) is 16.6. The number of aryl methyl sites for hydroxylation is 1. The first-order valence-electron chi connectivity index (χ1n) is 9.70. The van der Waals surface area contributed by atoms with E-state index < -0.39 is 0 Å². The monoisotopic (exact) mass is 411 g/mol. The van der Waals surface area contributed by atoms with Crippen LogP contribution in [0.4, 0.5) is 17.5 Å². The Hall–Kier alpha value is -2.94. The number of anilines is 3. The first-order chi connectivity index (χ1) is 14.0. The number of fused-ring (bicyclic) bond motifs is 1. The van der Waals surface area contributed by atoms with E-state index in [1.807, 2.05) is 24.7 Å². The van der Waals surface area contributed by atoms with Gasteiger partial charge in [0, 0.05) is 32.4 Å². The number of thiophene rings is 1. The fraction of sp³-hybridized carbons (Fsp3) is 0.400. The molecule has 4 rings (SSSR count). The van der Waals surface area contributed by atoms with Gasteiger partial charge in [-0.3, -0.25) is 9.48 Å². The van der Waals surface area contributed by atoms with Crippen LogP contribution in [0.15, 0.2) is 36.5 Å². The molecule has 1 saturated carbocycles. The molecule has 3 aromatic rings. The Labute approximate surface area is 173 Å². The third-order valence-corrected chi connectivity index (χ3v) is 6.26. The summed E-state index contributed by atoms with van der Waals surface area (Å²) in [7, 11) is 3.98. The summed E-state index contributed by atoms with van der Waals surface area (Å²) >= 11 is 1.66. The maximum absolute atomic E-state index is 11.6. The summed E-state index contributed by atoms with van der Waals surface area (Å²) in [6.45, 7) is 3.53. The molecule has 3 heterocycles. The maximum atomic E-state index is 11.6. The highest BCUT2D eigenvalue weighted by molar-refractivity contribution is 7.17. The summed E-state index contributed by atoms with van der Waals surface area (Å²) in [6, 6.07) is 2.62. The smallest absolute Gasteiger partial charge is 0.243 e. The molecule has 0 aliphatic heterocycles. The van der Waals surface area contributed by atoms with Crippen LogP contribution in [0.3, 0.4) is 0 Å². The summed E-state index contributed by atoms with van der Waals surface area (Å²) in [5, 5.41) is 12.5. The molecule has 152 valence electrons. The van der Waals surface area contributed by atoms with E-state index in [1.54, 1.807) is 22.2 Å². The second-order valence-electron chi connectivity index (χ2n) is 7.36. The van der Waals surface area contributed by atoms with Crippen molar-refractivity contribution in [2.24, 2.45) is 7.05 Å². The van der Waals surface area contributed by atoms with Gasteiger partial charge in [-0.05, 0) is 43.2 Å². The van der Waals surface area contributed by atoms with Crippen LogP contribution in [0, 0.1) is 0 Å². The maximum Gasteiger partial charge on any atom is 0.243 e. The van der Waals surface area contributed by atoms with E-state index in [2.05, 4.69) is 39.2 Å². The lowest BCUT2D eigenvalue weighted by atomic mass is 9.90. The van der Waals surface area contributed by atoms with Gasteiger partial charge in [-0.25, -0.2) is 4.98 Å². The number of rotatable bonds is 6. The Morgan fingerprint density at radius 2 is 2.14 bits per heavy atom. The number of carbonyl (C=O) groups excluding carboxylic acids is 1. The van der Waals surface area contributed by atoms with Crippen LogP contribution in [-0.4, -0.2) is 44.8 Å². The summed E-state index contributed by atoms with van der Waals surface area (Å²) in [5.41, 5.74) is 1.79. The number of amides is 1. The third kappa shape index (κ3) is 4.24. The van der Waals surface area contributed by atoms with E-state index in [1.165, 1.54) is 6.08 Å². The highest BCUT2D eigenvalue weighted by Gasteiger charge is 2.27. The van der Waals surface area contributed by atoms with Crippen molar-refractivity contribution in [2.75, 3.05) is 17.3 Å². The number of hydrogen-bond donors (Lipinski definition) is 2. The Morgan fingerprint density at radius 3 is 2.83 bits per heavy atom. The molecular weight excluding hydrogens is 386 g/mol. The molecular formula is C20H25N7OS. The minimum absolute atomic E-state index is 0.0935. The van der Waals surface area contributed by atoms with E-state index in [9.17, 15) is 4.79 Å². The van der Waals surface area contributed by atoms with Crippen molar-refractivity contribution < 1.29 is 4.79 Å². The molecule has 1 fully saturated rings. The van der Waals surface area contributed by atoms with Gasteiger partial charge >= 0.3 is 0 Å². The second-order valence-corrected chi connectivity index (χ2v) is 8.28. The molecule has 8 nitrogen and oxygen atoms in total. The van der Waals surface area contributed by atoms with Crippen molar-refractivity contribution >= 4 is 44.9 Å². The molecule has 0 unspecified atom stereocenters. The summed E-state index contributed by atoms with van der Waals surface area (Å²) in [4.78, 5) is 23.3. The van der Waals surface area contributed by atoms with Gasteiger partial charge in [-0.2, -0.15) is 10.1 Å². The molecule has 29 heavy (non-hydrogen) atoms. The first kappa shape index (κ1) is 19.4. The highest BCUT2D eigenvalue weighted by Crippen LogP contribution is 2.34. The van der Waals surface area contributed by atoms with Crippen LogP contribution in [0.1, 0.15) is 25.7 Å². The summed E-state index contributed by atoms with van der Waals surface area (Å²) in [6.07, 6.45) is 8.89. The molecule has 1 aliphatic rings. The van der Waals surface area contributed by atoms with Gasteiger partial charge in [0.2, 0.25) is 11.9 Å². The van der Waals surface area contributed by atoms with Gasteiger partial charge in [-0.1, -0.05) is 6.58 Å². The molecule has 0 bridgehead atoms. The second kappa shape index (κ2) is 8.20. The molecule has 0 spiro atoms. The number of hydrogen-bond acceptors (Lipinski definition) is 7.